The number of aromatic nitrogens is 2. The minimum absolute atomic E-state index is 0.311. The molecule has 0 bridgehead atoms. The summed E-state index contributed by atoms with van der Waals surface area (Å²) in [5, 5.41) is 3.41. The lowest BCUT2D eigenvalue weighted by molar-refractivity contribution is 0.276. The molecule has 0 aliphatic heterocycles. The normalized spacial score (nSPS) is 27.8. The number of hydrogen-bond donors (Lipinski definition) is 2. The molecule has 3 unspecified atom stereocenters. The van der Waals surface area contributed by atoms with Crippen molar-refractivity contribution in [2.24, 2.45) is 17.6 Å². The Bertz CT molecular complexity index is 435. The second-order valence-corrected chi connectivity index (χ2v) is 5.72. The fourth-order valence-corrected chi connectivity index (χ4v) is 2.72. The number of hydrogen-bond acceptors (Lipinski definition) is 4. The molecule has 0 spiro atoms. The zero-order valence-corrected chi connectivity index (χ0v) is 11.7. The zero-order chi connectivity index (χ0) is 13.1. The lowest BCUT2D eigenvalue weighted by atomic mass is 9.80. The molecule has 2 rings (SSSR count). The molecule has 1 heterocycles. The highest BCUT2D eigenvalue weighted by Gasteiger charge is 2.25. The van der Waals surface area contributed by atoms with Crippen LogP contribution < -0.4 is 11.1 Å². The third-order valence-electron chi connectivity index (χ3n) is 3.65. The molecule has 0 radical (unpaired) electrons. The van der Waals surface area contributed by atoms with E-state index in [0.29, 0.717) is 28.6 Å². The van der Waals surface area contributed by atoms with Crippen LogP contribution in [-0.2, 0) is 0 Å². The van der Waals surface area contributed by atoms with Crippen LogP contribution >= 0.6 is 12.2 Å². The fourth-order valence-electron chi connectivity index (χ4n) is 2.61. The monoisotopic (exact) mass is 264 g/mol. The van der Waals surface area contributed by atoms with Crippen molar-refractivity contribution in [1.82, 2.24) is 9.97 Å². The van der Waals surface area contributed by atoms with Gasteiger partial charge >= 0.3 is 0 Å². The SMILES string of the molecule is CC1CCC(Nc2nccc(C(N)=S)n2)C(C)C1. The summed E-state index contributed by atoms with van der Waals surface area (Å²) in [4.78, 5) is 8.87. The van der Waals surface area contributed by atoms with Crippen molar-refractivity contribution in [3.8, 4) is 0 Å². The average Bonchev–Trinajstić information content (AvgIpc) is 2.33. The molecule has 98 valence electrons. The molecule has 3 atom stereocenters. The van der Waals surface area contributed by atoms with Crippen LogP contribution in [0.2, 0.25) is 0 Å². The Balaban J connectivity index is 2.05. The first-order valence-electron chi connectivity index (χ1n) is 6.45. The van der Waals surface area contributed by atoms with E-state index in [0.717, 1.165) is 5.92 Å². The first kappa shape index (κ1) is 13.2. The van der Waals surface area contributed by atoms with Gasteiger partial charge in [-0.3, -0.25) is 0 Å². The predicted molar refractivity (Wildman–Crippen MR) is 77.5 cm³/mol. The van der Waals surface area contributed by atoms with Crippen LogP contribution in [0.1, 0.15) is 38.8 Å². The van der Waals surface area contributed by atoms with E-state index in [4.69, 9.17) is 18.0 Å². The lowest BCUT2D eigenvalue weighted by Crippen LogP contribution is -2.33. The summed E-state index contributed by atoms with van der Waals surface area (Å²) in [5.41, 5.74) is 6.20. The van der Waals surface area contributed by atoms with Crippen LogP contribution in [-0.4, -0.2) is 21.0 Å². The van der Waals surface area contributed by atoms with Gasteiger partial charge in [-0.05, 0) is 37.2 Å². The molecule has 1 aliphatic rings. The molecule has 1 aromatic rings. The van der Waals surface area contributed by atoms with Crippen LogP contribution in [0.25, 0.3) is 0 Å². The highest BCUT2D eigenvalue weighted by Crippen LogP contribution is 2.30. The van der Waals surface area contributed by atoms with E-state index in [1.165, 1.54) is 19.3 Å². The van der Waals surface area contributed by atoms with E-state index < -0.39 is 0 Å². The predicted octanol–water partition coefficient (Wildman–Crippen LogP) is 2.35. The maximum Gasteiger partial charge on any atom is 0.223 e. The molecule has 5 heteroatoms. The van der Waals surface area contributed by atoms with Crippen LogP contribution in [0.15, 0.2) is 12.3 Å². The number of thiocarbonyl (C=S) groups is 1. The van der Waals surface area contributed by atoms with Gasteiger partial charge in [0, 0.05) is 12.2 Å². The van der Waals surface area contributed by atoms with Crippen LogP contribution in [0, 0.1) is 11.8 Å². The number of rotatable bonds is 3. The number of nitrogens with two attached hydrogens (primary N) is 1. The second kappa shape index (κ2) is 5.61. The van der Waals surface area contributed by atoms with Gasteiger partial charge in [-0.2, -0.15) is 0 Å². The minimum Gasteiger partial charge on any atom is -0.388 e. The number of anilines is 1. The van der Waals surface area contributed by atoms with Crippen LogP contribution in [0.4, 0.5) is 5.95 Å². The van der Waals surface area contributed by atoms with Crippen molar-refractivity contribution in [1.29, 1.82) is 0 Å². The Morgan fingerprint density at radius 3 is 2.89 bits per heavy atom. The Hall–Kier alpha value is -1.23. The maximum atomic E-state index is 5.57. The molecule has 0 aromatic carbocycles. The van der Waals surface area contributed by atoms with E-state index in [2.05, 4.69) is 29.1 Å². The van der Waals surface area contributed by atoms with Gasteiger partial charge in [-0.25, -0.2) is 9.97 Å². The molecule has 4 nitrogen and oxygen atoms in total. The minimum atomic E-state index is 0.311. The molecule has 0 amide bonds. The quantitative estimate of drug-likeness (QED) is 0.820. The molecular weight excluding hydrogens is 244 g/mol. The van der Waals surface area contributed by atoms with Gasteiger partial charge in [0.25, 0.3) is 0 Å². The van der Waals surface area contributed by atoms with Gasteiger partial charge in [0.15, 0.2) is 0 Å². The Morgan fingerprint density at radius 1 is 1.44 bits per heavy atom. The van der Waals surface area contributed by atoms with Crippen molar-refractivity contribution in [3.63, 3.8) is 0 Å². The van der Waals surface area contributed by atoms with E-state index in [-0.39, 0.29) is 0 Å². The van der Waals surface area contributed by atoms with Crippen molar-refractivity contribution >= 4 is 23.2 Å². The Morgan fingerprint density at radius 2 is 2.22 bits per heavy atom. The summed E-state index contributed by atoms with van der Waals surface area (Å²) in [6.07, 6.45) is 5.38. The van der Waals surface area contributed by atoms with Crippen molar-refractivity contribution in [3.05, 3.63) is 18.0 Å². The number of nitrogens with one attached hydrogen (secondary N) is 1. The summed E-state index contributed by atoms with van der Waals surface area (Å²) in [6.45, 7) is 4.60. The van der Waals surface area contributed by atoms with Gasteiger partial charge in [0.05, 0.1) is 0 Å². The lowest BCUT2D eigenvalue weighted by Gasteiger charge is -2.33. The van der Waals surface area contributed by atoms with E-state index in [9.17, 15) is 0 Å². The number of nitrogens with zero attached hydrogens (tertiary/aromatic N) is 2. The molecule has 1 fully saturated rings. The molecular formula is C13H20N4S. The largest absolute Gasteiger partial charge is 0.388 e. The molecule has 0 saturated heterocycles. The van der Waals surface area contributed by atoms with Crippen molar-refractivity contribution < 1.29 is 0 Å². The zero-order valence-electron chi connectivity index (χ0n) is 10.9. The summed E-state index contributed by atoms with van der Waals surface area (Å²) < 4.78 is 0. The van der Waals surface area contributed by atoms with Gasteiger partial charge in [0.1, 0.15) is 10.7 Å². The van der Waals surface area contributed by atoms with Crippen molar-refractivity contribution in [2.45, 2.75) is 39.2 Å². The average molecular weight is 264 g/mol. The van der Waals surface area contributed by atoms with Gasteiger partial charge in [0.2, 0.25) is 5.95 Å². The van der Waals surface area contributed by atoms with Crippen molar-refractivity contribution in [2.75, 3.05) is 5.32 Å². The van der Waals surface area contributed by atoms with Gasteiger partial charge in [-0.15, -0.1) is 0 Å². The summed E-state index contributed by atoms with van der Waals surface area (Å²) >= 11 is 4.92. The summed E-state index contributed by atoms with van der Waals surface area (Å²) in [6, 6.07) is 2.18. The first-order valence-corrected chi connectivity index (χ1v) is 6.86. The third-order valence-corrected chi connectivity index (χ3v) is 3.86. The third kappa shape index (κ3) is 3.16. The Labute approximate surface area is 113 Å². The second-order valence-electron chi connectivity index (χ2n) is 5.28. The van der Waals surface area contributed by atoms with Crippen LogP contribution in [0.3, 0.4) is 0 Å². The van der Waals surface area contributed by atoms with E-state index in [1.54, 1.807) is 12.3 Å². The first-order chi connectivity index (χ1) is 8.56. The molecule has 1 saturated carbocycles. The van der Waals surface area contributed by atoms with E-state index in [1.807, 2.05) is 0 Å². The van der Waals surface area contributed by atoms with E-state index >= 15 is 0 Å². The topological polar surface area (TPSA) is 63.8 Å². The fraction of sp³-hybridized carbons (Fsp3) is 0.615. The standard InChI is InChI=1S/C13H20N4S/c1-8-3-4-10(9(2)7-8)16-13-15-6-5-11(17-13)12(14)18/h5-6,8-10H,3-4,7H2,1-2H3,(H2,14,18)(H,15,16,17). The van der Waals surface area contributed by atoms with Crippen LogP contribution in [0.5, 0.6) is 0 Å². The van der Waals surface area contributed by atoms with Gasteiger partial charge < -0.3 is 11.1 Å². The molecule has 18 heavy (non-hydrogen) atoms. The summed E-state index contributed by atoms with van der Waals surface area (Å²) in [7, 11) is 0. The molecule has 1 aromatic heterocycles. The van der Waals surface area contributed by atoms with Gasteiger partial charge in [-0.1, -0.05) is 26.1 Å². The molecule has 3 N–H and O–H groups in total. The highest BCUT2D eigenvalue weighted by molar-refractivity contribution is 7.80. The summed E-state index contributed by atoms with van der Waals surface area (Å²) in [5.74, 6) is 2.10. The Kier molecular flexibility index (Phi) is 4.11. The highest BCUT2D eigenvalue weighted by atomic mass is 32.1. The smallest absolute Gasteiger partial charge is 0.223 e. The maximum absolute atomic E-state index is 5.57. The molecule has 1 aliphatic carbocycles.